The summed E-state index contributed by atoms with van der Waals surface area (Å²) in [5.74, 6) is 0. The first-order valence-corrected chi connectivity index (χ1v) is 9.58. The van der Waals surface area contributed by atoms with Gasteiger partial charge < -0.3 is 8.59 Å². The zero-order chi connectivity index (χ0) is 19.7. The molecule has 0 saturated carbocycles. The minimum atomic E-state index is -4.78. The van der Waals surface area contributed by atoms with Crippen LogP contribution < -0.4 is 64.8 Å². The van der Waals surface area contributed by atoms with Crippen molar-refractivity contribution in [3.05, 3.63) is 57.6 Å². The second kappa shape index (κ2) is 10.3. The maximum absolute atomic E-state index is 11.5. The van der Waals surface area contributed by atoms with Crippen LogP contribution in [0.3, 0.4) is 0 Å². The zero-order valence-electron chi connectivity index (χ0n) is 16.8. The number of nitro benzene ring substituents is 1. The molecular weight excluding hydrogens is 434 g/mol. The molecule has 0 bridgehead atoms. The Hall–Kier alpha value is -0.800. The van der Waals surface area contributed by atoms with Crippen LogP contribution in [0.5, 0.6) is 0 Å². The van der Waals surface area contributed by atoms with Gasteiger partial charge in [-0.05, 0) is 29.3 Å². The van der Waals surface area contributed by atoms with Crippen LogP contribution >= 0.6 is 0 Å². The third kappa shape index (κ3) is 6.91. The summed E-state index contributed by atoms with van der Waals surface area (Å²) in [5, 5.41) is 10.8. The van der Waals surface area contributed by atoms with E-state index in [1.165, 1.54) is 12.1 Å². The molecule has 10 nitrogen and oxygen atoms in total. The van der Waals surface area contributed by atoms with E-state index in [1.54, 1.807) is 0 Å². The van der Waals surface area contributed by atoms with Gasteiger partial charge >= 0.3 is 59.1 Å². The monoisotopic (exact) mass is 448 g/mol. The number of nitro groups is 1. The minimum Gasteiger partial charge on any atom is -1.00 e. The maximum atomic E-state index is 11.5. The molecule has 142 valence electrons. The van der Waals surface area contributed by atoms with E-state index >= 15 is 0 Å². The molecule has 0 saturated heterocycles. The number of rotatable bonds is 5. The van der Waals surface area contributed by atoms with Crippen molar-refractivity contribution >= 4 is 43.8 Å². The van der Waals surface area contributed by atoms with Gasteiger partial charge in [-0.2, -0.15) is 16.8 Å². The Morgan fingerprint density at radius 1 is 0.893 bits per heavy atom. The van der Waals surface area contributed by atoms with Gasteiger partial charge in [0, 0.05) is 17.8 Å². The summed E-state index contributed by atoms with van der Waals surface area (Å²) in [7, 11) is -9.39. The van der Waals surface area contributed by atoms with Crippen molar-refractivity contribution in [1.82, 2.24) is 0 Å². The summed E-state index contributed by atoms with van der Waals surface area (Å²) in [5.41, 5.74) is 4.86. The van der Waals surface area contributed by atoms with Gasteiger partial charge in [0.15, 0.2) is 0 Å². The Morgan fingerprint density at radius 3 is 1.75 bits per heavy atom. The molecule has 0 aromatic heterocycles. The molecule has 0 atom stereocenters. The van der Waals surface area contributed by atoms with Crippen molar-refractivity contribution < 1.29 is 92.8 Å². The average molecular weight is 448 g/mol. The predicted octanol–water partition coefficient (Wildman–Crippen LogP) is -3.93. The van der Waals surface area contributed by atoms with E-state index in [-0.39, 0.29) is 78.8 Å². The number of nitrogens with zero attached hydrogens (tertiary/aromatic N) is 1. The average Bonchev–Trinajstić information content (AvgIpc) is 2.51. The third-order valence-corrected chi connectivity index (χ3v) is 5.06. The van der Waals surface area contributed by atoms with Crippen LogP contribution in [0.25, 0.3) is 12.2 Å². The Bertz CT molecular complexity index is 1140. The molecule has 0 spiro atoms. The molecule has 0 heterocycles. The van der Waals surface area contributed by atoms with Crippen LogP contribution in [0, 0.1) is 10.1 Å². The molecule has 0 aliphatic heterocycles. The number of benzene rings is 2. The molecule has 0 amide bonds. The first-order chi connectivity index (χ1) is 11.9. The van der Waals surface area contributed by atoms with Gasteiger partial charge in [0.1, 0.15) is 9.79 Å². The summed E-state index contributed by atoms with van der Waals surface area (Å²) >= 11 is 0. The molecule has 2 aromatic carbocycles. The smallest absolute Gasteiger partial charge is 1.00 e. The second-order valence-corrected chi connectivity index (χ2v) is 7.84. The molecule has 0 unspecified atom stereocenters. The molecule has 2 rings (SSSR count). The maximum Gasteiger partial charge on any atom is 1.00 e. The van der Waals surface area contributed by atoms with Gasteiger partial charge in [-0.25, -0.2) is 0 Å². The Kier molecular flexibility index (Phi) is 10.0. The number of anilines is 1. The first kappa shape index (κ1) is 27.2. The summed E-state index contributed by atoms with van der Waals surface area (Å²) in [6.45, 7) is 0. The Balaban J connectivity index is -0.00000182. The van der Waals surface area contributed by atoms with E-state index in [9.17, 15) is 36.1 Å². The van der Waals surface area contributed by atoms with Crippen LogP contribution in [-0.2, 0) is 20.2 Å². The van der Waals surface area contributed by atoms with Gasteiger partial charge in [-0.3, -0.25) is 19.2 Å². The van der Waals surface area contributed by atoms with Crippen molar-refractivity contribution in [2.75, 3.05) is 5.73 Å². The van der Waals surface area contributed by atoms with Crippen LogP contribution in [0.15, 0.2) is 46.2 Å². The normalized spacial score (nSPS) is 11.5. The largest absolute Gasteiger partial charge is 1.00 e. The molecule has 14 heteroatoms. The van der Waals surface area contributed by atoms with Crippen molar-refractivity contribution in [1.29, 1.82) is 0 Å². The summed E-state index contributed by atoms with van der Waals surface area (Å²) in [6.07, 6.45) is 2.27. The fourth-order valence-corrected chi connectivity index (χ4v) is 3.51. The number of nitrogens with two attached hydrogens (primary N) is 1. The third-order valence-electron chi connectivity index (χ3n) is 3.24. The van der Waals surface area contributed by atoms with E-state index in [4.69, 9.17) is 5.73 Å². The Labute approximate surface area is 208 Å². The van der Waals surface area contributed by atoms with E-state index in [0.717, 1.165) is 30.4 Å². The molecule has 0 fully saturated rings. The van der Waals surface area contributed by atoms with E-state index in [2.05, 4.69) is 0 Å². The SMILES string of the molecule is Nc1ccc(C=Cc2ccc([N+](=O)[O-])cc2S(=O)(=O)O)c(S(=O)(=O)O)c1.[H-].[H-].[Na+].[Na+]. The van der Waals surface area contributed by atoms with Crippen molar-refractivity contribution in [2.24, 2.45) is 0 Å². The fourth-order valence-electron chi connectivity index (χ4n) is 2.09. The standard InChI is InChI=1S/C14H12N2O8S2.2Na.2H/c15-11-5-3-9(13(7-11)25(19,20)21)1-2-10-4-6-12(16(17)18)8-14(10)26(22,23)24;;;;/h1-8H,15H2,(H,19,20,21)(H,22,23,24);;;;/q;2*+1;2*-1. The Morgan fingerprint density at radius 2 is 1.32 bits per heavy atom. The number of non-ortho nitro benzene ring substituents is 1. The van der Waals surface area contributed by atoms with Gasteiger partial charge in [0.25, 0.3) is 25.9 Å². The van der Waals surface area contributed by atoms with E-state index < -0.39 is 40.6 Å². The molecule has 28 heavy (non-hydrogen) atoms. The summed E-state index contributed by atoms with van der Waals surface area (Å²) < 4.78 is 64.3. The zero-order valence-corrected chi connectivity index (χ0v) is 20.4. The van der Waals surface area contributed by atoms with Crippen LogP contribution in [-0.4, -0.2) is 30.9 Å². The second-order valence-electron chi connectivity index (χ2n) is 5.06. The fraction of sp³-hybridized carbons (Fsp3) is 0. The first-order valence-electron chi connectivity index (χ1n) is 6.70. The number of nitrogen functional groups attached to an aromatic ring is 1. The van der Waals surface area contributed by atoms with Gasteiger partial charge in [0.2, 0.25) is 0 Å². The van der Waals surface area contributed by atoms with Gasteiger partial charge in [-0.1, -0.05) is 18.2 Å². The van der Waals surface area contributed by atoms with Crippen molar-refractivity contribution in [2.45, 2.75) is 9.79 Å². The van der Waals surface area contributed by atoms with Gasteiger partial charge in [0.05, 0.1) is 4.92 Å². The predicted molar refractivity (Wildman–Crippen MR) is 94.7 cm³/mol. The molecule has 0 aliphatic carbocycles. The number of hydrogen-bond acceptors (Lipinski definition) is 7. The number of hydrogen-bond donors (Lipinski definition) is 3. The molecule has 0 aliphatic rings. The molecular formula is C14H14N2Na2O8S2. The topological polar surface area (TPSA) is 178 Å². The van der Waals surface area contributed by atoms with Gasteiger partial charge in [-0.15, -0.1) is 0 Å². The van der Waals surface area contributed by atoms with Crippen LogP contribution in [0.2, 0.25) is 0 Å². The van der Waals surface area contributed by atoms with Crippen LogP contribution in [0.4, 0.5) is 11.4 Å². The summed E-state index contributed by atoms with van der Waals surface area (Å²) in [4.78, 5) is 8.69. The molecule has 0 radical (unpaired) electrons. The summed E-state index contributed by atoms with van der Waals surface area (Å²) in [6, 6.07) is 6.39. The minimum absolute atomic E-state index is 0. The van der Waals surface area contributed by atoms with E-state index in [0.29, 0.717) is 6.07 Å². The van der Waals surface area contributed by atoms with Crippen molar-refractivity contribution in [3.8, 4) is 0 Å². The molecule has 2 aromatic rings. The van der Waals surface area contributed by atoms with Crippen LogP contribution in [0.1, 0.15) is 14.0 Å². The molecule has 4 N–H and O–H groups in total. The van der Waals surface area contributed by atoms with Crippen molar-refractivity contribution in [3.63, 3.8) is 0 Å². The quantitative estimate of drug-likeness (QED) is 0.103. The van der Waals surface area contributed by atoms with E-state index in [1.807, 2.05) is 0 Å².